The van der Waals surface area contributed by atoms with Crippen molar-refractivity contribution in [3.63, 3.8) is 0 Å². The van der Waals surface area contributed by atoms with Gasteiger partial charge < -0.3 is 25.3 Å². The summed E-state index contributed by atoms with van der Waals surface area (Å²) >= 11 is 0. The highest BCUT2D eigenvalue weighted by atomic mass is 16.5. The normalized spacial score (nSPS) is 11.8. The first-order valence-electron chi connectivity index (χ1n) is 9.54. The Labute approximate surface area is 167 Å². The summed E-state index contributed by atoms with van der Waals surface area (Å²) < 4.78 is 5.35. The Balaban J connectivity index is 1.64. The monoisotopic (exact) mass is 396 g/mol. The first-order valence-corrected chi connectivity index (χ1v) is 9.54. The summed E-state index contributed by atoms with van der Waals surface area (Å²) in [4.78, 5) is 41.6. The van der Waals surface area contributed by atoms with Crippen molar-refractivity contribution in [1.29, 1.82) is 0 Å². The van der Waals surface area contributed by atoms with Gasteiger partial charge in [0, 0.05) is 17.9 Å². The predicted molar refractivity (Wildman–Crippen MR) is 112 cm³/mol. The second-order valence-electron chi connectivity index (χ2n) is 6.70. The summed E-state index contributed by atoms with van der Waals surface area (Å²) in [7, 11) is 0. The van der Waals surface area contributed by atoms with Crippen LogP contribution in [0.4, 0.5) is 11.4 Å². The highest BCUT2D eigenvalue weighted by Gasteiger charge is 2.21. The summed E-state index contributed by atoms with van der Waals surface area (Å²) in [6.45, 7) is 4.35. The number of imidazole rings is 1. The number of para-hydroxylation sites is 1. The van der Waals surface area contributed by atoms with E-state index in [2.05, 4.69) is 27.5 Å². The van der Waals surface area contributed by atoms with Crippen LogP contribution in [-0.4, -0.2) is 34.5 Å². The molecule has 0 aliphatic heterocycles. The third-order valence-electron chi connectivity index (χ3n) is 4.43. The van der Waals surface area contributed by atoms with E-state index < -0.39 is 18.0 Å². The van der Waals surface area contributed by atoms with Gasteiger partial charge in [-0.2, -0.15) is 0 Å². The second-order valence-corrected chi connectivity index (χ2v) is 6.70. The standard InChI is InChI=1S/C21H24N4O4/c1-3-4-11-22-16-8-6-5-7-15(16)20(27)29-13(2)19(26)23-14-9-10-17-18(12-14)25-21(28)24-17/h5-10,12-13,22H,3-4,11H2,1-2H3,(H,23,26)(H2,24,25,28)/t13-/m1/s1. The molecule has 3 aromatic rings. The number of anilines is 2. The van der Waals surface area contributed by atoms with Gasteiger partial charge in [0.1, 0.15) is 0 Å². The van der Waals surface area contributed by atoms with Crippen LogP contribution < -0.4 is 16.3 Å². The van der Waals surface area contributed by atoms with E-state index in [0.717, 1.165) is 19.4 Å². The Morgan fingerprint density at radius 1 is 1.10 bits per heavy atom. The largest absolute Gasteiger partial charge is 0.449 e. The lowest BCUT2D eigenvalue weighted by molar-refractivity contribution is -0.123. The molecule has 1 aromatic heterocycles. The van der Waals surface area contributed by atoms with Crippen molar-refractivity contribution in [1.82, 2.24) is 9.97 Å². The van der Waals surface area contributed by atoms with Gasteiger partial charge in [0.25, 0.3) is 5.91 Å². The maximum absolute atomic E-state index is 12.6. The molecule has 8 heteroatoms. The zero-order valence-corrected chi connectivity index (χ0v) is 16.4. The Morgan fingerprint density at radius 3 is 2.66 bits per heavy atom. The summed E-state index contributed by atoms with van der Waals surface area (Å²) in [6.07, 6.45) is 1.03. The molecule has 1 amide bonds. The van der Waals surface area contributed by atoms with E-state index in [1.54, 1.807) is 30.3 Å². The number of rotatable bonds is 8. The summed E-state index contributed by atoms with van der Waals surface area (Å²) in [5.74, 6) is -1.04. The van der Waals surface area contributed by atoms with E-state index >= 15 is 0 Å². The minimum atomic E-state index is -0.993. The van der Waals surface area contributed by atoms with E-state index in [-0.39, 0.29) is 5.69 Å². The van der Waals surface area contributed by atoms with Gasteiger partial charge in [-0.15, -0.1) is 0 Å². The van der Waals surface area contributed by atoms with Crippen LogP contribution >= 0.6 is 0 Å². The smallest absolute Gasteiger partial charge is 0.341 e. The van der Waals surface area contributed by atoms with Crippen molar-refractivity contribution >= 4 is 34.3 Å². The Morgan fingerprint density at radius 2 is 1.86 bits per heavy atom. The molecule has 0 aliphatic carbocycles. The van der Waals surface area contributed by atoms with Crippen molar-refractivity contribution in [2.75, 3.05) is 17.2 Å². The molecule has 0 unspecified atom stereocenters. The number of unbranched alkanes of at least 4 members (excludes halogenated alkanes) is 1. The van der Waals surface area contributed by atoms with Crippen LogP contribution in [0.5, 0.6) is 0 Å². The summed E-state index contributed by atoms with van der Waals surface area (Å²) in [5, 5.41) is 5.91. The van der Waals surface area contributed by atoms with Gasteiger partial charge in [-0.25, -0.2) is 9.59 Å². The number of nitrogens with one attached hydrogen (secondary N) is 4. The lowest BCUT2D eigenvalue weighted by atomic mass is 10.1. The van der Waals surface area contributed by atoms with Crippen molar-refractivity contribution in [2.24, 2.45) is 0 Å². The maximum Gasteiger partial charge on any atom is 0.341 e. The van der Waals surface area contributed by atoms with E-state index in [9.17, 15) is 14.4 Å². The molecule has 29 heavy (non-hydrogen) atoms. The van der Waals surface area contributed by atoms with Crippen LogP contribution in [0, 0.1) is 0 Å². The number of aromatic amines is 2. The van der Waals surface area contributed by atoms with Crippen LogP contribution in [0.15, 0.2) is 47.3 Å². The highest BCUT2D eigenvalue weighted by Crippen LogP contribution is 2.18. The lowest BCUT2D eigenvalue weighted by Gasteiger charge is -2.16. The molecule has 152 valence electrons. The molecule has 0 bridgehead atoms. The topological polar surface area (TPSA) is 116 Å². The predicted octanol–water partition coefficient (Wildman–Crippen LogP) is 3.25. The fraction of sp³-hybridized carbons (Fsp3) is 0.286. The van der Waals surface area contributed by atoms with Crippen molar-refractivity contribution in [2.45, 2.75) is 32.8 Å². The molecule has 0 fully saturated rings. The molecule has 0 saturated carbocycles. The number of amides is 1. The zero-order valence-electron chi connectivity index (χ0n) is 16.4. The molecule has 0 spiro atoms. The average molecular weight is 396 g/mol. The van der Waals surface area contributed by atoms with Gasteiger partial charge in [-0.1, -0.05) is 25.5 Å². The quantitative estimate of drug-likeness (QED) is 0.345. The number of carbonyl (C=O) groups is 2. The molecule has 0 radical (unpaired) electrons. The van der Waals surface area contributed by atoms with E-state index in [1.807, 2.05) is 12.1 Å². The fourth-order valence-electron chi connectivity index (χ4n) is 2.85. The number of esters is 1. The van der Waals surface area contributed by atoms with E-state index in [4.69, 9.17) is 4.74 Å². The van der Waals surface area contributed by atoms with Crippen LogP contribution in [0.25, 0.3) is 11.0 Å². The van der Waals surface area contributed by atoms with Gasteiger partial charge in [-0.3, -0.25) is 4.79 Å². The van der Waals surface area contributed by atoms with Crippen LogP contribution in [-0.2, 0) is 9.53 Å². The average Bonchev–Trinajstić information content (AvgIpc) is 3.07. The Bertz CT molecular complexity index is 1070. The number of hydrogen-bond acceptors (Lipinski definition) is 5. The number of H-pyrrole nitrogens is 2. The van der Waals surface area contributed by atoms with Crippen LogP contribution in [0.3, 0.4) is 0 Å². The molecule has 3 rings (SSSR count). The third kappa shape index (κ3) is 5.04. The van der Waals surface area contributed by atoms with Gasteiger partial charge in [0.05, 0.1) is 16.6 Å². The molecule has 0 saturated heterocycles. The van der Waals surface area contributed by atoms with Crippen molar-refractivity contribution in [3.05, 3.63) is 58.5 Å². The van der Waals surface area contributed by atoms with Gasteiger partial charge in [0.2, 0.25) is 0 Å². The van der Waals surface area contributed by atoms with Gasteiger partial charge >= 0.3 is 11.7 Å². The molecule has 0 aliphatic rings. The molecular formula is C21H24N4O4. The number of fused-ring (bicyclic) bond motifs is 1. The van der Waals surface area contributed by atoms with Crippen molar-refractivity contribution < 1.29 is 14.3 Å². The third-order valence-corrected chi connectivity index (χ3v) is 4.43. The Hall–Kier alpha value is -3.55. The highest BCUT2D eigenvalue weighted by molar-refractivity contribution is 6.00. The first kappa shape index (κ1) is 20.2. The Kier molecular flexibility index (Phi) is 6.33. The maximum atomic E-state index is 12.6. The minimum absolute atomic E-state index is 0.322. The van der Waals surface area contributed by atoms with Crippen molar-refractivity contribution in [3.8, 4) is 0 Å². The van der Waals surface area contributed by atoms with E-state index in [0.29, 0.717) is 28.0 Å². The summed E-state index contributed by atoms with van der Waals surface area (Å²) in [5.41, 5.74) is 2.44. The van der Waals surface area contributed by atoms with Crippen LogP contribution in [0.2, 0.25) is 0 Å². The number of hydrogen-bond donors (Lipinski definition) is 4. The number of benzene rings is 2. The molecular weight excluding hydrogens is 372 g/mol. The lowest BCUT2D eigenvalue weighted by Crippen LogP contribution is -2.30. The second kappa shape index (κ2) is 9.09. The minimum Gasteiger partial charge on any atom is -0.449 e. The van der Waals surface area contributed by atoms with E-state index in [1.165, 1.54) is 6.92 Å². The fourth-order valence-corrected chi connectivity index (χ4v) is 2.85. The first-order chi connectivity index (χ1) is 14.0. The summed E-state index contributed by atoms with van der Waals surface area (Å²) in [6, 6.07) is 12.0. The molecule has 2 aromatic carbocycles. The molecule has 1 heterocycles. The number of aromatic nitrogens is 2. The molecule has 4 N–H and O–H groups in total. The SMILES string of the molecule is CCCCNc1ccccc1C(=O)O[C@H](C)C(=O)Nc1ccc2[nH]c(=O)[nH]c2c1. The van der Waals surface area contributed by atoms with Crippen LogP contribution in [0.1, 0.15) is 37.0 Å². The van der Waals surface area contributed by atoms with Gasteiger partial charge in [-0.05, 0) is 43.7 Å². The molecule has 1 atom stereocenters. The number of carbonyl (C=O) groups excluding carboxylic acids is 2. The number of ether oxygens (including phenoxy) is 1. The molecule has 8 nitrogen and oxygen atoms in total. The van der Waals surface area contributed by atoms with Gasteiger partial charge in [0.15, 0.2) is 6.10 Å². The zero-order chi connectivity index (χ0) is 20.8.